The van der Waals surface area contributed by atoms with Gasteiger partial charge in [-0.1, -0.05) is 23.8 Å². The third-order valence-electron chi connectivity index (χ3n) is 2.98. The highest BCUT2D eigenvalue weighted by atomic mass is 14.6. The number of nitrogens with two attached hydrogens (primary N) is 1. The van der Waals surface area contributed by atoms with Crippen LogP contribution in [0.15, 0.2) is 34.9 Å². The summed E-state index contributed by atoms with van der Waals surface area (Å²) in [6.07, 6.45) is 5.55. The molecule has 0 aliphatic heterocycles. The fourth-order valence-electron chi connectivity index (χ4n) is 1.69. The Morgan fingerprint density at radius 3 is 2.71 bits per heavy atom. The molecule has 0 saturated carbocycles. The van der Waals surface area contributed by atoms with Gasteiger partial charge >= 0.3 is 0 Å². The standard InChI is InChI=1S/C13H21N/c1-9(2)11(4)7-12-8-13(14)6-5-10(12)3/h7,13H,1,5-6,8,14H2,2-4H3/b11-7-/t13-/m0/s1. The summed E-state index contributed by atoms with van der Waals surface area (Å²) in [5, 5.41) is 0. The molecule has 0 heterocycles. The molecule has 1 nitrogen and oxygen atoms in total. The molecule has 0 bridgehead atoms. The molecule has 0 aromatic rings. The van der Waals surface area contributed by atoms with Crippen molar-refractivity contribution in [2.75, 3.05) is 0 Å². The van der Waals surface area contributed by atoms with Crippen molar-refractivity contribution in [3.63, 3.8) is 0 Å². The van der Waals surface area contributed by atoms with E-state index in [9.17, 15) is 0 Å². The van der Waals surface area contributed by atoms with Crippen molar-refractivity contribution in [3.05, 3.63) is 34.9 Å². The maximum atomic E-state index is 5.95. The van der Waals surface area contributed by atoms with Gasteiger partial charge in [-0.05, 0) is 51.2 Å². The van der Waals surface area contributed by atoms with Gasteiger partial charge in [-0.3, -0.25) is 0 Å². The topological polar surface area (TPSA) is 26.0 Å². The van der Waals surface area contributed by atoms with E-state index in [0.29, 0.717) is 6.04 Å². The normalized spacial score (nSPS) is 24.0. The van der Waals surface area contributed by atoms with E-state index in [4.69, 9.17) is 5.73 Å². The number of hydrogen-bond acceptors (Lipinski definition) is 1. The number of allylic oxidation sites excluding steroid dienone is 4. The van der Waals surface area contributed by atoms with Gasteiger partial charge in [-0.2, -0.15) is 0 Å². The van der Waals surface area contributed by atoms with Gasteiger partial charge in [0.2, 0.25) is 0 Å². The van der Waals surface area contributed by atoms with E-state index in [1.54, 1.807) is 0 Å². The monoisotopic (exact) mass is 191 g/mol. The smallest absolute Gasteiger partial charge is 0.00823 e. The predicted octanol–water partition coefficient (Wildman–Crippen LogP) is 3.34. The van der Waals surface area contributed by atoms with E-state index in [1.807, 2.05) is 6.92 Å². The minimum atomic E-state index is 0.350. The molecular formula is C13H21N. The predicted molar refractivity (Wildman–Crippen MR) is 63.1 cm³/mol. The first-order chi connectivity index (χ1) is 6.50. The summed E-state index contributed by atoms with van der Waals surface area (Å²) in [5.74, 6) is 0. The second kappa shape index (κ2) is 4.61. The highest BCUT2D eigenvalue weighted by Crippen LogP contribution is 2.26. The molecule has 0 aromatic carbocycles. The summed E-state index contributed by atoms with van der Waals surface area (Å²) in [5.41, 5.74) is 11.3. The van der Waals surface area contributed by atoms with Crippen molar-refractivity contribution in [2.45, 2.75) is 46.1 Å². The summed E-state index contributed by atoms with van der Waals surface area (Å²) in [7, 11) is 0. The second-order valence-corrected chi connectivity index (χ2v) is 4.42. The van der Waals surface area contributed by atoms with Crippen LogP contribution in [0.25, 0.3) is 0 Å². The van der Waals surface area contributed by atoms with Gasteiger partial charge in [0.05, 0.1) is 0 Å². The first kappa shape index (κ1) is 11.3. The van der Waals surface area contributed by atoms with Crippen LogP contribution in [0.4, 0.5) is 0 Å². The Labute approximate surface area is 87.4 Å². The molecule has 1 heteroatoms. The van der Waals surface area contributed by atoms with Crippen LogP contribution in [0.5, 0.6) is 0 Å². The maximum absolute atomic E-state index is 5.95. The minimum Gasteiger partial charge on any atom is -0.327 e. The molecule has 0 radical (unpaired) electrons. The van der Waals surface area contributed by atoms with Crippen molar-refractivity contribution in [2.24, 2.45) is 5.73 Å². The Balaban J connectivity index is 2.86. The zero-order chi connectivity index (χ0) is 10.7. The van der Waals surface area contributed by atoms with Gasteiger partial charge in [0, 0.05) is 6.04 Å². The SMILES string of the molecule is C=C(C)/C(C)=C\C1=C(C)CC[C@H](N)C1. The lowest BCUT2D eigenvalue weighted by atomic mass is 9.88. The Morgan fingerprint density at radius 2 is 2.14 bits per heavy atom. The summed E-state index contributed by atoms with van der Waals surface area (Å²) in [6, 6.07) is 0.350. The molecule has 2 N–H and O–H groups in total. The third-order valence-corrected chi connectivity index (χ3v) is 2.98. The van der Waals surface area contributed by atoms with Crippen molar-refractivity contribution < 1.29 is 0 Å². The molecule has 0 saturated heterocycles. The minimum absolute atomic E-state index is 0.350. The molecule has 14 heavy (non-hydrogen) atoms. The first-order valence-electron chi connectivity index (χ1n) is 5.29. The van der Waals surface area contributed by atoms with Gasteiger partial charge in [0.25, 0.3) is 0 Å². The highest BCUT2D eigenvalue weighted by molar-refractivity contribution is 5.36. The van der Waals surface area contributed by atoms with Crippen molar-refractivity contribution in [1.29, 1.82) is 0 Å². The Kier molecular flexibility index (Phi) is 3.70. The third kappa shape index (κ3) is 2.85. The van der Waals surface area contributed by atoms with E-state index >= 15 is 0 Å². The fraction of sp³-hybridized carbons (Fsp3) is 0.538. The lowest BCUT2D eigenvalue weighted by Gasteiger charge is -2.21. The van der Waals surface area contributed by atoms with Crippen molar-refractivity contribution in [1.82, 2.24) is 0 Å². The molecule has 1 aliphatic rings. The van der Waals surface area contributed by atoms with Crippen molar-refractivity contribution in [3.8, 4) is 0 Å². The molecule has 0 aromatic heterocycles. The molecule has 1 rings (SSSR count). The van der Waals surface area contributed by atoms with Gasteiger partial charge in [0.15, 0.2) is 0 Å². The van der Waals surface area contributed by atoms with E-state index in [-0.39, 0.29) is 0 Å². The average molecular weight is 191 g/mol. The fourth-order valence-corrected chi connectivity index (χ4v) is 1.69. The lowest BCUT2D eigenvalue weighted by Crippen LogP contribution is -2.23. The van der Waals surface area contributed by atoms with Gasteiger partial charge in [0.1, 0.15) is 0 Å². The molecular weight excluding hydrogens is 170 g/mol. The summed E-state index contributed by atoms with van der Waals surface area (Å²) in [4.78, 5) is 0. The molecule has 1 aliphatic carbocycles. The van der Waals surface area contributed by atoms with Crippen LogP contribution >= 0.6 is 0 Å². The van der Waals surface area contributed by atoms with Crippen LogP contribution in [0.1, 0.15) is 40.0 Å². The van der Waals surface area contributed by atoms with Gasteiger partial charge in [-0.25, -0.2) is 0 Å². The van der Waals surface area contributed by atoms with Crippen LogP contribution in [0, 0.1) is 0 Å². The molecule has 0 fully saturated rings. The summed E-state index contributed by atoms with van der Waals surface area (Å²) in [6.45, 7) is 10.3. The lowest BCUT2D eigenvalue weighted by molar-refractivity contribution is 0.576. The molecule has 0 spiro atoms. The first-order valence-corrected chi connectivity index (χ1v) is 5.29. The average Bonchev–Trinajstić information content (AvgIpc) is 2.11. The summed E-state index contributed by atoms with van der Waals surface area (Å²) < 4.78 is 0. The molecule has 0 unspecified atom stereocenters. The Bertz CT molecular complexity index is 294. The van der Waals surface area contributed by atoms with Crippen LogP contribution in [-0.4, -0.2) is 6.04 Å². The van der Waals surface area contributed by atoms with E-state index in [0.717, 1.165) is 24.8 Å². The molecule has 1 atom stereocenters. The quantitative estimate of drug-likeness (QED) is 0.666. The Hall–Kier alpha value is -0.820. The zero-order valence-corrected chi connectivity index (χ0v) is 9.56. The summed E-state index contributed by atoms with van der Waals surface area (Å²) >= 11 is 0. The van der Waals surface area contributed by atoms with Gasteiger partial charge < -0.3 is 5.73 Å². The second-order valence-electron chi connectivity index (χ2n) is 4.42. The van der Waals surface area contributed by atoms with Crippen molar-refractivity contribution >= 4 is 0 Å². The zero-order valence-electron chi connectivity index (χ0n) is 9.56. The number of rotatable bonds is 2. The largest absolute Gasteiger partial charge is 0.327 e. The van der Waals surface area contributed by atoms with Crippen LogP contribution in [0.2, 0.25) is 0 Å². The molecule has 0 amide bonds. The van der Waals surface area contributed by atoms with Gasteiger partial charge in [-0.15, -0.1) is 0 Å². The van der Waals surface area contributed by atoms with E-state index < -0.39 is 0 Å². The van der Waals surface area contributed by atoms with E-state index in [2.05, 4.69) is 26.5 Å². The van der Waals surface area contributed by atoms with Crippen LogP contribution in [-0.2, 0) is 0 Å². The number of hydrogen-bond donors (Lipinski definition) is 1. The van der Waals surface area contributed by atoms with E-state index in [1.165, 1.54) is 16.7 Å². The maximum Gasteiger partial charge on any atom is 0.00823 e. The highest BCUT2D eigenvalue weighted by Gasteiger charge is 2.13. The Morgan fingerprint density at radius 1 is 1.50 bits per heavy atom. The van der Waals surface area contributed by atoms with Crippen LogP contribution < -0.4 is 5.73 Å². The van der Waals surface area contributed by atoms with Crippen LogP contribution in [0.3, 0.4) is 0 Å². The molecule has 78 valence electrons.